The summed E-state index contributed by atoms with van der Waals surface area (Å²) in [5.74, 6) is 0.368. The van der Waals surface area contributed by atoms with Gasteiger partial charge in [-0.15, -0.1) is 0 Å². The Bertz CT molecular complexity index is 942. The van der Waals surface area contributed by atoms with E-state index in [1.54, 1.807) is 17.0 Å². The van der Waals surface area contributed by atoms with Crippen LogP contribution in [0, 0.1) is 5.41 Å². The van der Waals surface area contributed by atoms with Crippen LogP contribution < -0.4 is 4.74 Å². The molecule has 0 aliphatic carbocycles. The molecule has 4 rings (SSSR count). The zero-order valence-electron chi connectivity index (χ0n) is 17.3. The predicted molar refractivity (Wildman–Crippen MR) is 114 cm³/mol. The topological polar surface area (TPSA) is 66.8 Å². The third-order valence-corrected chi connectivity index (χ3v) is 6.44. The molecule has 0 radical (unpaired) electrons. The molecule has 2 aromatic rings. The summed E-state index contributed by atoms with van der Waals surface area (Å²) >= 11 is 0. The number of rotatable bonds is 6. The number of fused-ring (bicyclic) bond motifs is 1. The van der Waals surface area contributed by atoms with E-state index < -0.39 is 23.7 Å². The maximum absolute atomic E-state index is 12.9. The van der Waals surface area contributed by atoms with E-state index in [1.807, 2.05) is 60.7 Å². The molecule has 0 spiro atoms. The van der Waals surface area contributed by atoms with E-state index in [2.05, 4.69) is 6.92 Å². The molecule has 30 heavy (non-hydrogen) atoms. The number of aliphatic hydroxyl groups excluding tert-OH is 1. The SMILES string of the molecule is CC(=O)[C@]1(CC(C)c2ccccc2)C=CCN2C(=O)[C@H](Oc3ccccc3)[C@@H]2[C@@H]1O. The van der Waals surface area contributed by atoms with E-state index in [4.69, 9.17) is 4.74 Å². The Labute approximate surface area is 177 Å². The lowest BCUT2D eigenvalue weighted by molar-refractivity contribution is -0.178. The fraction of sp³-hybridized carbons (Fsp3) is 0.360. The number of nitrogens with zero attached hydrogens (tertiary/aromatic N) is 1. The Morgan fingerprint density at radius 3 is 2.43 bits per heavy atom. The van der Waals surface area contributed by atoms with Gasteiger partial charge in [-0.1, -0.05) is 67.6 Å². The van der Waals surface area contributed by atoms with Crippen molar-refractivity contribution in [2.75, 3.05) is 6.54 Å². The fourth-order valence-corrected chi connectivity index (χ4v) is 4.70. The lowest BCUT2D eigenvalue weighted by atomic mass is 9.67. The number of ether oxygens (including phenoxy) is 1. The number of hydrogen-bond donors (Lipinski definition) is 1. The van der Waals surface area contributed by atoms with Crippen LogP contribution >= 0.6 is 0 Å². The first-order chi connectivity index (χ1) is 14.4. The highest BCUT2D eigenvalue weighted by molar-refractivity contribution is 5.91. The van der Waals surface area contributed by atoms with E-state index in [9.17, 15) is 14.7 Å². The van der Waals surface area contributed by atoms with Crippen LogP contribution in [-0.2, 0) is 9.59 Å². The van der Waals surface area contributed by atoms with E-state index in [0.717, 1.165) is 5.56 Å². The number of ketones is 1. The average molecular weight is 405 g/mol. The molecule has 1 unspecified atom stereocenters. The molecule has 1 fully saturated rings. The first-order valence-corrected chi connectivity index (χ1v) is 10.4. The van der Waals surface area contributed by atoms with Gasteiger partial charge in [0.1, 0.15) is 17.6 Å². The minimum Gasteiger partial charge on any atom is -0.478 e. The van der Waals surface area contributed by atoms with Crippen molar-refractivity contribution in [2.45, 2.75) is 44.4 Å². The maximum atomic E-state index is 12.9. The molecule has 0 saturated carbocycles. The molecule has 1 saturated heterocycles. The number of β-lactam (4-membered cyclic amide) rings is 1. The smallest absolute Gasteiger partial charge is 0.266 e. The third kappa shape index (κ3) is 3.43. The summed E-state index contributed by atoms with van der Waals surface area (Å²) in [6, 6.07) is 18.5. The Hall–Kier alpha value is -2.92. The van der Waals surface area contributed by atoms with Crippen LogP contribution in [-0.4, -0.2) is 46.5 Å². The minimum atomic E-state index is -1.08. The van der Waals surface area contributed by atoms with Crippen LogP contribution in [0.1, 0.15) is 31.7 Å². The normalized spacial score (nSPS) is 28.8. The van der Waals surface area contributed by atoms with Gasteiger partial charge >= 0.3 is 0 Å². The molecule has 2 heterocycles. The van der Waals surface area contributed by atoms with Gasteiger partial charge in [0.25, 0.3) is 5.91 Å². The van der Waals surface area contributed by atoms with Crippen molar-refractivity contribution in [3.05, 3.63) is 78.4 Å². The van der Waals surface area contributed by atoms with Crippen LogP contribution in [0.2, 0.25) is 0 Å². The summed E-state index contributed by atoms with van der Waals surface area (Å²) in [5.41, 5.74) is 0.0369. The monoisotopic (exact) mass is 405 g/mol. The lowest BCUT2D eigenvalue weighted by Gasteiger charge is -2.50. The van der Waals surface area contributed by atoms with Crippen molar-refractivity contribution in [3.8, 4) is 5.75 Å². The minimum absolute atomic E-state index is 0.0604. The maximum Gasteiger partial charge on any atom is 0.266 e. The largest absolute Gasteiger partial charge is 0.478 e. The van der Waals surface area contributed by atoms with Gasteiger partial charge in [-0.25, -0.2) is 0 Å². The number of aliphatic hydroxyl groups is 1. The number of carbonyl (C=O) groups excluding carboxylic acids is 2. The van der Waals surface area contributed by atoms with Crippen LogP contribution in [0.15, 0.2) is 72.8 Å². The Balaban J connectivity index is 1.63. The molecule has 2 aliphatic rings. The molecule has 5 atom stereocenters. The van der Waals surface area contributed by atoms with Crippen molar-refractivity contribution < 1.29 is 19.4 Å². The Kier molecular flexibility index (Phi) is 5.48. The molecule has 156 valence electrons. The van der Waals surface area contributed by atoms with Crippen molar-refractivity contribution in [1.29, 1.82) is 0 Å². The van der Waals surface area contributed by atoms with Crippen LogP contribution in [0.25, 0.3) is 0 Å². The first kappa shape index (κ1) is 20.4. The number of carbonyl (C=O) groups is 2. The molecule has 5 nitrogen and oxygen atoms in total. The molecule has 0 aromatic heterocycles. The number of para-hydroxylation sites is 1. The number of Topliss-reactive ketones (excluding diaryl/α,β-unsaturated/α-hetero) is 1. The van der Waals surface area contributed by atoms with Crippen molar-refractivity contribution >= 4 is 11.7 Å². The van der Waals surface area contributed by atoms with Gasteiger partial charge in [0, 0.05) is 6.54 Å². The highest BCUT2D eigenvalue weighted by atomic mass is 16.5. The van der Waals surface area contributed by atoms with Crippen molar-refractivity contribution in [3.63, 3.8) is 0 Å². The van der Waals surface area contributed by atoms with Crippen LogP contribution in [0.5, 0.6) is 5.75 Å². The van der Waals surface area contributed by atoms with Crippen LogP contribution in [0.3, 0.4) is 0 Å². The predicted octanol–water partition coefficient (Wildman–Crippen LogP) is 3.34. The van der Waals surface area contributed by atoms with Gasteiger partial charge in [-0.2, -0.15) is 0 Å². The van der Waals surface area contributed by atoms with Gasteiger partial charge < -0.3 is 14.7 Å². The zero-order chi connectivity index (χ0) is 21.3. The van der Waals surface area contributed by atoms with Crippen molar-refractivity contribution in [2.24, 2.45) is 5.41 Å². The summed E-state index contributed by atoms with van der Waals surface area (Å²) in [4.78, 5) is 27.2. The number of hydrogen-bond acceptors (Lipinski definition) is 4. The second kappa shape index (κ2) is 8.07. The van der Waals surface area contributed by atoms with E-state index in [0.29, 0.717) is 18.7 Å². The Morgan fingerprint density at radius 1 is 1.17 bits per heavy atom. The molecular formula is C25H27NO4. The summed E-state index contributed by atoms with van der Waals surface area (Å²) in [5, 5.41) is 11.5. The van der Waals surface area contributed by atoms with Gasteiger partial charge in [-0.3, -0.25) is 9.59 Å². The standard InChI is InChI=1S/C25H27NO4/c1-17(19-10-5-3-6-11-19)16-25(18(2)27)14-9-15-26-21(23(25)28)22(24(26)29)30-20-12-7-4-8-13-20/h3-14,17,21-23,28H,15-16H2,1-2H3/t17?,21-,22-,23+,25-/m1/s1. The molecule has 5 heteroatoms. The highest BCUT2D eigenvalue weighted by Crippen LogP contribution is 2.44. The Morgan fingerprint density at radius 2 is 1.80 bits per heavy atom. The van der Waals surface area contributed by atoms with E-state index in [-0.39, 0.29) is 17.6 Å². The zero-order valence-corrected chi connectivity index (χ0v) is 17.3. The third-order valence-electron chi connectivity index (χ3n) is 6.44. The highest BCUT2D eigenvalue weighted by Gasteiger charge is 2.59. The number of benzene rings is 2. The van der Waals surface area contributed by atoms with Gasteiger partial charge in [-0.05, 0) is 37.0 Å². The molecule has 0 bridgehead atoms. The van der Waals surface area contributed by atoms with Crippen molar-refractivity contribution in [1.82, 2.24) is 4.90 Å². The quantitative estimate of drug-likeness (QED) is 0.591. The van der Waals surface area contributed by atoms with Gasteiger partial charge in [0.2, 0.25) is 0 Å². The van der Waals surface area contributed by atoms with Crippen LogP contribution in [0.4, 0.5) is 0 Å². The van der Waals surface area contributed by atoms with E-state index in [1.165, 1.54) is 6.92 Å². The molecule has 1 N–H and O–H groups in total. The average Bonchev–Trinajstić information content (AvgIpc) is 2.89. The second-order valence-corrected chi connectivity index (χ2v) is 8.29. The number of amides is 1. The summed E-state index contributed by atoms with van der Waals surface area (Å²) in [6.07, 6.45) is 2.25. The van der Waals surface area contributed by atoms with Gasteiger partial charge in [0.15, 0.2) is 6.10 Å². The summed E-state index contributed by atoms with van der Waals surface area (Å²) < 4.78 is 5.93. The second-order valence-electron chi connectivity index (χ2n) is 8.29. The lowest BCUT2D eigenvalue weighted by Crippen LogP contribution is -2.72. The van der Waals surface area contributed by atoms with E-state index >= 15 is 0 Å². The summed E-state index contributed by atoms with van der Waals surface area (Å²) in [6.45, 7) is 3.95. The molecule has 2 aliphatic heterocycles. The fourth-order valence-electron chi connectivity index (χ4n) is 4.70. The molecular weight excluding hydrogens is 378 g/mol. The summed E-state index contributed by atoms with van der Waals surface area (Å²) in [7, 11) is 0. The molecule has 2 aromatic carbocycles. The van der Waals surface area contributed by atoms with Gasteiger partial charge in [0.05, 0.1) is 11.5 Å². The first-order valence-electron chi connectivity index (χ1n) is 10.4. The molecule has 1 amide bonds.